The van der Waals surface area contributed by atoms with Crippen LogP contribution in [-0.4, -0.2) is 35.0 Å². The molecule has 0 spiro atoms. The van der Waals surface area contributed by atoms with Gasteiger partial charge in [0.15, 0.2) is 0 Å². The van der Waals surface area contributed by atoms with E-state index >= 15 is 0 Å². The monoisotopic (exact) mass is 359 g/mol. The average Bonchev–Trinajstić information content (AvgIpc) is 2.89. The first-order valence-electron chi connectivity index (χ1n) is 6.42. The van der Waals surface area contributed by atoms with E-state index in [4.69, 9.17) is 16.7 Å². The Labute approximate surface area is 130 Å². The summed E-state index contributed by atoms with van der Waals surface area (Å²) < 4.78 is 0.930. The van der Waals surface area contributed by atoms with Gasteiger partial charge in [-0.15, -0.1) is 0 Å². The topological polar surface area (TPSA) is 57.6 Å². The Kier molecular flexibility index (Phi) is 5.05. The van der Waals surface area contributed by atoms with Crippen molar-refractivity contribution in [2.45, 2.75) is 19.3 Å². The van der Waals surface area contributed by atoms with Crippen LogP contribution in [0.1, 0.15) is 18.4 Å². The number of amides is 1. The molecule has 1 aromatic carbocycles. The molecule has 4 nitrogen and oxygen atoms in total. The highest BCUT2D eigenvalue weighted by Gasteiger charge is 2.30. The fourth-order valence-corrected chi connectivity index (χ4v) is 2.96. The van der Waals surface area contributed by atoms with Gasteiger partial charge in [-0.2, -0.15) is 0 Å². The van der Waals surface area contributed by atoms with E-state index in [1.807, 2.05) is 12.1 Å². The number of halogens is 2. The van der Waals surface area contributed by atoms with Crippen LogP contribution < -0.4 is 0 Å². The van der Waals surface area contributed by atoms with Crippen molar-refractivity contribution in [1.29, 1.82) is 0 Å². The molecule has 0 aromatic heterocycles. The number of hydrogen-bond donors (Lipinski definition) is 1. The normalized spacial score (nSPS) is 18.3. The first-order chi connectivity index (χ1) is 9.47. The van der Waals surface area contributed by atoms with E-state index in [1.165, 1.54) is 0 Å². The summed E-state index contributed by atoms with van der Waals surface area (Å²) in [5.74, 6) is -1.24. The van der Waals surface area contributed by atoms with E-state index in [-0.39, 0.29) is 5.91 Å². The molecule has 0 bridgehead atoms. The molecule has 1 aliphatic heterocycles. The van der Waals surface area contributed by atoms with Gasteiger partial charge < -0.3 is 10.0 Å². The van der Waals surface area contributed by atoms with Gasteiger partial charge in [0.25, 0.3) is 0 Å². The lowest BCUT2D eigenvalue weighted by molar-refractivity contribution is -0.141. The fraction of sp³-hybridized carbons (Fsp3) is 0.429. The Balaban J connectivity index is 1.90. The van der Waals surface area contributed by atoms with Gasteiger partial charge in [-0.25, -0.2) is 0 Å². The van der Waals surface area contributed by atoms with Crippen molar-refractivity contribution in [1.82, 2.24) is 4.90 Å². The molecule has 1 aromatic rings. The molecule has 1 amide bonds. The summed E-state index contributed by atoms with van der Waals surface area (Å²) in [5, 5.41) is 9.57. The van der Waals surface area contributed by atoms with Crippen LogP contribution >= 0.6 is 27.5 Å². The lowest BCUT2D eigenvalue weighted by atomic mass is 10.1. The van der Waals surface area contributed by atoms with Gasteiger partial charge in [0, 0.05) is 29.0 Å². The Morgan fingerprint density at radius 3 is 2.85 bits per heavy atom. The third-order valence-corrected chi connectivity index (χ3v) is 4.51. The summed E-state index contributed by atoms with van der Waals surface area (Å²) in [6, 6.07) is 5.48. The lowest BCUT2D eigenvalue weighted by Gasteiger charge is -2.16. The third-order valence-electron chi connectivity index (χ3n) is 3.51. The predicted molar refractivity (Wildman–Crippen MR) is 79.8 cm³/mol. The van der Waals surface area contributed by atoms with E-state index in [1.54, 1.807) is 11.0 Å². The highest BCUT2D eigenvalue weighted by Crippen LogP contribution is 2.23. The van der Waals surface area contributed by atoms with E-state index in [9.17, 15) is 9.59 Å². The largest absolute Gasteiger partial charge is 0.481 e. The second kappa shape index (κ2) is 6.59. The molecule has 1 N–H and O–H groups in total. The number of carbonyl (C=O) groups excluding carboxylic acids is 1. The van der Waals surface area contributed by atoms with Crippen molar-refractivity contribution in [2.24, 2.45) is 5.92 Å². The van der Waals surface area contributed by atoms with Gasteiger partial charge in [0.1, 0.15) is 0 Å². The number of aryl methyl sites for hydroxylation is 1. The lowest BCUT2D eigenvalue weighted by Crippen LogP contribution is -2.30. The van der Waals surface area contributed by atoms with Crippen LogP contribution in [0.5, 0.6) is 0 Å². The van der Waals surface area contributed by atoms with Crippen molar-refractivity contribution >= 4 is 39.4 Å². The zero-order valence-corrected chi connectivity index (χ0v) is 13.2. The molecule has 6 heteroatoms. The van der Waals surface area contributed by atoms with Gasteiger partial charge in [0.05, 0.1) is 5.92 Å². The second-order valence-corrected chi connectivity index (χ2v) is 6.19. The van der Waals surface area contributed by atoms with E-state index < -0.39 is 11.9 Å². The second-order valence-electron chi connectivity index (χ2n) is 4.90. The SMILES string of the molecule is O=C(O)[C@@H]1CCN(C(=O)CCc2cc(Cl)ccc2Br)C1. The molecular formula is C14H15BrClNO3. The van der Waals surface area contributed by atoms with E-state index in [0.717, 1.165) is 10.0 Å². The molecule has 0 radical (unpaired) electrons. The highest BCUT2D eigenvalue weighted by atomic mass is 79.9. The van der Waals surface area contributed by atoms with Gasteiger partial charge in [-0.1, -0.05) is 27.5 Å². The number of carbonyl (C=O) groups is 2. The van der Waals surface area contributed by atoms with Crippen LogP contribution in [0.2, 0.25) is 5.02 Å². The number of rotatable bonds is 4. The molecule has 0 unspecified atom stereocenters. The van der Waals surface area contributed by atoms with Crippen molar-refractivity contribution in [2.75, 3.05) is 13.1 Å². The molecule has 108 valence electrons. The van der Waals surface area contributed by atoms with Crippen molar-refractivity contribution in [3.8, 4) is 0 Å². The maximum Gasteiger partial charge on any atom is 0.308 e. The summed E-state index contributed by atoms with van der Waals surface area (Å²) >= 11 is 9.36. The summed E-state index contributed by atoms with van der Waals surface area (Å²) in [6.07, 6.45) is 1.50. The maximum atomic E-state index is 12.1. The zero-order valence-electron chi connectivity index (χ0n) is 10.8. The smallest absolute Gasteiger partial charge is 0.308 e. The Bertz CT molecular complexity index is 535. The predicted octanol–water partition coefficient (Wildman–Crippen LogP) is 2.97. The minimum atomic E-state index is -0.821. The first-order valence-corrected chi connectivity index (χ1v) is 7.59. The number of hydrogen-bond acceptors (Lipinski definition) is 2. The number of carboxylic acid groups (broad SMARTS) is 1. The minimum absolute atomic E-state index is 0.000579. The van der Waals surface area contributed by atoms with Crippen LogP contribution in [0, 0.1) is 5.92 Å². The van der Waals surface area contributed by atoms with Gasteiger partial charge >= 0.3 is 5.97 Å². The molecule has 1 fully saturated rings. The third kappa shape index (κ3) is 3.73. The van der Waals surface area contributed by atoms with Crippen LogP contribution in [-0.2, 0) is 16.0 Å². The Morgan fingerprint density at radius 2 is 2.20 bits per heavy atom. The van der Waals surface area contributed by atoms with Gasteiger partial charge in [-0.05, 0) is 36.6 Å². The number of carboxylic acids is 1. The zero-order chi connectivity index (χ0) is 14.7. The van der Waals surface area contributed by atoms with Crippen LogP contribution in [0.15, 0.2) is 22.7 Å². The molecule has 2 rings (SSSR count). The van der Waals surface area contributed by atoms with Gasteiger partial charge in [-0.3, -0.25) is 9.59 Å². The molecule has 1 saturated heterocycles. The van der Waals surface area contributed by atoms with Crippen LogP contribution in [0.25, 0.3) is 0 Å². The van der Waals surface area contributed by atoms with Crippen LogP contribution in [0.3, 0.4) is 0 Å². The summed E-state index contributed by atoms with van der Waals surface area (Å²) in [6.45, 7) is 0.859. The van der Waals surface area contributed by atoms with E-state index in [2.05, 4.69) is 15.9 Å². The molecule has 1 atom stereocenters. The molecule has 0 aliphatic carbocycles. The highest BCUT2D eigenvalue weighted by molar-refractivity contribution is 9.10. The van der Waals surface area contributed by atoms with Crippen molar-refractivity contribution in [3.63, 3.8) is 0 Å². The quantitative estimate of drug-likeness (QED) is 0.898. The first kappa shape index (κ1) is 15.3. The summed E-state index contributed by atoms with van der Waals surface area (Å²) in [5.41, 5.74) is 0.986. The van der Waals surface area contributed by atoms with Gasteiger partial charge in [0.2, 0.25) is 5.91 Å². The number of aliphatic carboxylic acids is 1. The molecule has 1 aliphatic rings. The maximum absolute atomic E-state index is 12.1. The van der Waals surface area contributed by atoms with E-state index in [0.29, 0.717) is 37.4 Å². The molecular weight excluding hydrogens is 346 g/mol. The number of likely N-dealkylation sites (tertiary alicyclic amines) is 1. The molecule has 20 heavy (non-hydrogen) atoms. The average molecular weight is 361 g/mol. The summed E-state index contributed by atoms with van der Waals surface area (Å²) in [4.78, 5) is 24.6. The Morgan fingerprint density at radius 1 is 1.45 bits per heavy atom. The van der Waals surface area contributed by atoms with Crippen molar-refractivity contribution < 1.29 is 14.7 Å². The fourth-order valence-electron chi connectivity index (χ4n) is 2.32. The molecule has 0 saturated carbocycles. The number of nitrogens with zero attached hydrogens (tertiary/aromatic N) is 1. The Hall–Kier alpha value is -1.07. The minimum Gasteiger partial charge on any atom is -0.481 e. The number of benzene rings is 1. The summed E-state index contributed by atoms with van der Waals surface area (Å²) in [7, 11) is 0. The molecule has 1 heterocycles. The standard InChI is InChI=1S/C14H15BrClNO3/c15-12-3-2-11(16)7-9(12)1-4-13(18)17-6-5-10(8-17)14(19)20/h2-3,7,10H,1,4-6,8H2,(H,19,20)/t10-/m1/s1. The van der Waals surface area contributed by atoms with Crippen molar-refractivity contribution in [3.05, 3.63) is 33.3 Å². The van der Waals surface area contributed by atoms with Crippen LogP contribution in [0.4, 0.5) is 0 Å².